The van der Waals surface area contributed by atoms with Crippen molar-refractivity contribution in [3.63, 3.8) is 0 Å². The van der Waals surface area contributed by atoms with Crippen LogP contribution >= 0.6 is 0 Å². The van der Waals surface area contributed by atoms with Gasteiger partial charge in [0.25, 0.3) is 0 Å². The number of rotatable bonds is 2. The molecule has 2 aliphatic heterocycles. The van der Waals surface area contributed by atoms with Crippen LogP contribution in [0.3, 0.4) is 0 Å². The maximum atomic E-state index is 12.1. The molecule has 0 saturated carbocycles. The van der Waals surface area contributed by atoms with Crippen LogP contribution < -0.4 is 5.32 Å². The Hall–Kier alpha value is -1.36. The first-order valence-electron chi connectivity index (χ1n) is 6.50. The van der Waals surface area contributed by atoms with Crippen molar-refractivity contribution >= 4 is 5.91 Å². The average Bonchev–Trinajstić information content (AvgIpc) is 2.98. The number of hydrogen-bond donors (Lipinski definition) is 1. The van der Waals surface area contributed by atoms with Crippen molar-refractivity contribution in [2.45, 2.75) is 33.2 Å². The summed E-state index contributed by atoms with van der Waals surface area (Å²) in [5, 5.41) is 7.31. The molecule has 2 saturated heterocycles. The number of amides is 1. The zero-order valence-electron chi connectivity index (χ0n) is 11.0. The van der Waals surface area contributed by atoms with E-state index >= 15 is 0 Å². The van der Waals surface area contributed by atoms with Gasteiger partial charge >= 0.3 is 0 Å². The fourth-order valence-corrected chi connectivity index (χ4v) is 3.13. The first-order valence-corrected chi connectivity index (χ1v) is 6.50. The minimum absolute atomic E-state index is 0.177. The van der Waals surface area contributed by atoms with Crippen molar-refractivity contribution in [2.24, 2.45) is 5.41 Å². The molecule has 1 amide bonds. The summed E-state index contributed by atoms with van der Waals surface area (Å²) < 4.78 is 5.16. The maximum Gasteiger partial charge on any atom is 0.223 e. The van der Waals surface area contributed by atoms with Gasteiger partial charge in [-0.15, -0.1) is 0 Å². The highest BCUT2D eigenvalue weighted by molar-refractivity contribution is 5.79. The molecule has 0 bridgehead atoms. The van der Waals surface area contributed by atoms with E-state index in [2.05, 4.69) is 10.5 Å². The van der Waals surface area contributed by atoms with Gasteiger partial charge in [0.2, 0.25) is 5.91 Å². The molecular weight excluding hydrogens is 230 g/mol. The summed E-state index contributed by atoms with van der Waals surface area (Å²) in [4.78, 5) is 14.1. The van der Waals surface area contributed by atoms with Crippen LogP contribution in [0, 0.1) is 19.3 Å². The molecule has 18 heavy (non-hydrogen) atoms. The molecule has 2 fully saturated rings. The second kappa shape index (κ2) is 4.09. The third-order valence-corrected chi connectivity index (χ3v) is 4.27. The van der Waals surface area contributed by atoms with Crippen LogP contribution in [0.4, 0.5) is 0 Å². The van der Waals surface area contributed by atoms with E-state index < -0.39 is 0 Å². The largest absolute Gasteiger partial charge is 0.361 e. The number of nitrogens with zero attached hydrogens (tertiary/aromatic N) is 2. The van der Waals surface area contributed by atoms with E-state index in [1.165, 1.54) is 0 Å². The summed E-state index contributed by atoms with van der Waals surface area (Å²) in [6.45, 7) is 7.34. The molecule has 0 radical (unpaired) electrons. The van der Waals surface area contributed by atoms with E-state index in [0.29, 0.717) is 13.0 Å². The summed E-state index contributed by atoms with van der Waals surface area (Å²) in [7, 11) is 0. The zero-order valence-corrected chi connectivity index (χ0v) is 11.0. The standard InChI is InChI=1S/C13H19N3O2/c1-9-11(10(2)18-15-9)6-16-8-13(5-12(16)17)3-4-14-7-13/h14H,3-8H2,1-2H3/t13-/m0/s1. The number of aryl methyl sites for hydroxylation is 2. The van der Waals surface area contributed by atoms with Gasteiger partial charge in [0.05, 0.1) is 12.2 Å². The lowest BCUT2D eigenvalue weighted by atomic mass is 9.86. The van der Waals surface area contributed by atoms with Gasteiger partial charge in [0.1, 0.15) is 5.76 Å². The smallest absolute Gasteiger partial charge is 0.223 e. The van der Waals surface area contributed by atoms with Gasteiger partial charge in [-0.05, 0) is 26.8 Å². The summed E-state index contributed by atoms with van der Waals surface area (Å²) in [5.74, 6) is 1.09. The van der Waals surface area contributed by atoms with E-state index in [4.69, 9.17) is 4.52 Å². The van der Waals surface area contributed by atoms with Crippen LogP contribution in [-0.4, -0.2) is 35.6 Å². The molecule has 0 unspecified atom stereocenters. The number of carbonyl (C=O) groups is 1. The summed E-state index contributed by atoms with van der Waals surface area (Å²) in [5.41, 5.74) is 2.13. The van der Waals surface area contributed by atoms with E-state index in [1.807, 2.05) is 18.7 Å². The van der Waals surface area contributed by atoms with Crippen LogP contribution in [0.15, 0.2) is 4.52 Å². The van der Waals surface area contributed by atoms with Crippen LogP contribution in [0.5, 0.6) is 0 Å². The number of aromatic nitrogens is 1. The Balaban J connectivity index is 1.76. The van der Waals surface area contributed by atoms with Gasteiger partial charge < -0.3 is 14.7 Å². The van der Waals surface area contributed by atoms with Crippen molar-refractivity contribution < 1.29 is 9.32 Å². The summed E-state index contributed by atoms with van der Waals surface area (Å²) in [6.07, 6.45) is 1.79. The van der Waals surface area contributed by atoms with Crippen molar-refractivity contribution in [1.29, 1.82) is 0 Å². The quantitative estimate of drug-likeness (QED) is 0.849. The van der Waals surface area contributed by atoms with Crippen molar-refractivity contribution in [1.82, 2.24) is 15.4 Å². The zero-order chi connectivity index (χ0) is 12.8. The molecule has 1 N–H and O–H groups in total. The molecule has 5 heteroatoms. The molecule has 0 aromatic carbocycles. The molecule has 3 heterocycles. The van der Waals surface area contributed by atoms with E-state index in [1.54, 1.807) is 0 Å². The van der Waals surface area contributed by atoms with Crippen LogP contribution in [0.25, 0.3) is 0 Å². The van der Waals surface area contributed by atoms with Crippen LogP contribution in [-0.2, 0) is 11.3 Å². The normalized spacial score (nSPS) is 27.7. The summed E-state index contributed by atoms with van der Waals surface area (Å²) in [6, 6.07) is 0. The average molecular weight is 249 g/mol. The second-order valence-electron chi connectivity index (χ2n) is 5.66. The Kier molecular flexibility index (Phi) is 2.66. The lowest BCUT2D eigenvalue weighted by Gasteiger charge is -2.22. The molecule has 1 spiro atoms. The topological polar surface area (TPSA) is 58.4 Å². The lowest BCUT2D eigenvalue weighted by Crippen LogP contribution is -2.30. The molecule has 98 valence electrons. The molecule has 0 aliphatic carbocycles. The lowest BCUT2D eigenvalue weighted by molar-refractivity contribution is -0.128. The highest BCUT2D eigenvalue weighted by Crippen LogP contribution is 2.37. The third-order valence-electron chi connectivity index (χ3n) is 4.27. The molecule has 3 rings (SSSR count). The third kappa shape index (κ3) is 1.82. The molecule has 5 nitrogen and oxygen atoms in total. The molecule has 2 aliphatic rings. The van der Waals surface area contributed by atoms with E-state index in [-0.39, 0.29) is 11.3 Å². The molecule has 1 aromatic heterocycles. The Bertz CT molecular complexity index is 455. The van der Waals surface area contributed by atoms with Gasteiger partial charge in [0.15, 0.2) is 0 Å². The summed E-state index contributed by atoms with van der Waals surface area (Å²) >= 11 is 0. The predicted molar refractivity (Wildman–Crippen MR) is 65.9 cm³/mol. The fourth-order valence-electron chi connectivity index (χ4n) is 3.13. The second-order valence-corrected chi connectivity index (χ2v) is 5.66. The van der Waals surface area contributed by atoms with Crippen molar-refractivity contribution in [3.8, 4) is 0 Å². The van der Waals surface area contributed by atoms with Gasteiger partial charge in [0, 0.05) is 30.5 Å². The predicted octanol–water partition coefficient (Wildman–Crippen LogP) is 1.00. The van der Waals surface area contributed by atoms with Crippen molar-refractivity contribution in [3.05, 3.63) is 17.0 Å². The number of hydrogen-bond acceptors (Lipinski definition) is 4. The number of nitrogens with one attached hydrogen (secondary N) is 1. The Morgan fingerprint density at radius 3 is 2.94 bits per heavy atom. The van der Waals surface area contributed by atoms with E-state index in [9.17, 15) is 4.79 Å². The van der Waals surface area contributed by atoms with Gasteiger partial charge in [-0.2, -0.15) is 0 Å². The highest BCUT2D eigenvalue weighted by atomic mass is 16.5. The molecule has 1 atom stereocenters. The Morgan fingerprint density at radius 2 is 2.33 bits per heavy atom. The van der Waals surface area contributed by atoms with Gasteiger partial charge in [-0.25, -0.2) is 0 Å². The molecular formula is C13H19N3O2. The van der Waals surface area contributed by atoms with Gasteiger partial charge in [-0.1, -0.05) is 5.16 Å². The van der Waals surface area contributed by atoms with Crippen LogP contribution in [0.1, 0.15) is 29.9 Å². The number of likely N-dealkylation sites (tertiary alicyclic amines) is 1. The van der Waals surface area contributed by atoms with E-state index in [0.717, 1.165) is 43.1 Å². The Morgan fingerprint density at radius 1 is 1.50 bits per heavy atom. The highest BCUT2D eigenvalue weighted by Gasteiger charge is 2.44. The maximum absolute atomic E-state index is 12.1. The SMILES string of the molecule is Cc1noc(C)c1CN1C[C@@]2(CCNC2)CC1=O. The minimum Gasteiger partial charge on any atom is -0.361 e. The first-order chi connectivity index (χ1) is 8.60. The monoisotopic (exact) mass is 249 g/mol. The minimum atomic E-state index is 0.177. The van der Waals surface area contributed by atoms with Crippen LogP contribution in [0.2, 0.25) is 0 Å². The molecule has 1 aromatic rings. The fraction of sp³-hybridized carbons (Fsp3) is 0.692. The Labute approximate surface area is 107 Å². The number of carbonyl (C=O) groups excluding carboxylic acids is 1. The van der Waals surface area contributed by atoms with Gasteiger partial charge in [-0.3, -0.25) is 4.79 Å². The first kappa shape index (κ1) is 11.7. The van der Waals surface area contributed by atoms with Crippen molar-refractivity contribution in [2.75, 3.05) is 19.6 Å².